The minimum Gasteiger partial charge on any atom is -0.432 e. The summed E-state index contributed by atoms with van der Waals surface area (Å²) in [6.45, 7) is 5.99. The van der Waals surface area contributed by atoms with Crippen LogP contribution in [-0.2, 0) is 0 Å². The number of benzene rings is 1. The number of hydrogen-bond acceptors (Lipinski definition) is 2. The summed E-state index contributed by atoms with van der Waals surface area (Å²) in [6.07, 6.45) is 0. The van der Waals surface area contributed by atoms with Crippen LogP contribution < -0.4 is 4.74 Å². The van der Waals surface area contributed by atoms with Crippen molar-refractivity contribution in [3.05, 3.63) is 29.8 Å². The Morgan fingerprint density at radius 2 is 1.73 bits per heavy atom. The fourth-order valence-corrected chi connectivity index (χ4v) is 0.946. The highest BCUT2D eigenvalue weighted by Crippen LogP contribution is 2.16. The predicted octanol–water partition coefficient (Wildman–Crippen LogP) is 3.25. The lowest BCUT2D eigenvalue weighted by atomic mass is 10.2. The van der Waals surface area contributed by atoms with Crippen LogP contribution in [0, 0.1) is 6.92 Å². The van der Waals surface area contributed by atoms with Crippen molar-refractivity contribution in [2.24, 2.45) is 0 Å². The summed E-state index contributed by atoms with van der Waals surface area (Å²) in [4.78, 5) is 1.77. The Kier molecular flexibility index (Phi) is 6.71. The second kappa shape index (κ2) is 7.23. The summed E-state index contributed by atoms with van der Waals surface area (Å²) < 4.78 is 5.46. The van der Waals surface area contributed by atoms with Crippen molar-refractivity contribution in [3.63, 3.8) is 0 Å². The maximum Gasteiger partial charge on any atom is 0.264 e. The lowest BCUT2D eigenvalue weighted by Crippen LogP contribution is -2.25. The molecule has 0 unspecified atom stereocenters. The normalized spacial score (nSPS) is 8.60. The SMILES string of the molecule is CC.Cc1ccccc1OC(=S)N(C)C. The average molecular weight is 225 g/mol. The number of thiocarbonyl (C=S) groups is 1. The zero-order chi connectivity index (χ0) is 11.8. The Morgan fingerprint density at radius 1 is 1.20 bits per heavy atom. The third kappa shape index (κ3) is 4.79. The summed E-state index contributed by atoms with van der Waals surface area (Å²) in [5, 5.41) is 0.481. The van der Waals surface area contributed by atoms with Crippen LogP contribution in [0.5, 0.6) is 5.75 Å². The summed E-state index contributed by atoms with van der Waals surface area (Å²) in [5.74, 6) is 0.821. The molecule has 1 aromatic carbocycles. The number of hydrogen-bond donors (Lipinski definition) is 0. The zero-order valence-corrected chi connectivity index (χ0v) is 10.9. The lowest BCUT2D eigenvalue weighted by molar-refractivity contribution is 0.447. The van der Waals surface area contributed by atoms with E-state index < -0.39 is 0 Å². The molecule has 0 fully saturated rings. The van der Waals surface area contributed by atoms with E-state index in [9.17, 15) is 0 Å². The molecule has 0 amide bonds. The first-order chi connectivity index (χ1) is 7.11. The molecule has 0 saturated heterocycles. The van der Waals surface area contributed by atoms with Gasteiger partial charge < -0.3 is 9.64 Å². The lowest BCUT2D eigenvalue weighted by Gasteiger charge is -2.15. The second-order valence-electron chi connectivity index (χ2n) is 3.03. The largest absolute Gasteiger partial charge is 0.432 e. The Balaban J connectivity index is 0.000000921. The highest BCUT2D eigenvalue weighted by molar-refractivity contribution is 7.80. The van der Waals surface area contributed by atoms with Gasteiger partial charge in [-0.3, -0.25) is 0 Å². The molecule has 0 bridgehead atoms. The summed E-state index contributed by atoms with van der Waals surface area (Å²) in [7, 11) is 3.72. The molecule has 0 spiro atoms. The molecule has 0 aliphatic heterocycles. The van der Waals surface area contributed by atoms with Gasteiger partial charge in [0.2, 0.25) is 0 Å². The van der Waals surface area contributed by atoms with Gasteiger partial charge in [-0.05, 0) is 30.8 Å². The number of nitrogens with zero attached hydrogens (tertiary/aromatic N) is 1. The van der Waals surface area contributed by atoms with Crippen LogP contribution >= 0.6 is 12.2 Å². The van der Waals surface area contributed by atoms with Gasteiger partial charge in [0.25, 0.3) is 5.17 Å². The van der Waals surface area contributed by atoms with Crippen LogP contribution in [-0.4, -0.2) is 24.2 Å². The first-order valence-corrected chi connectivity index (χ1v) is 5.47. The Hall–Kier alpha value is -1.09. The van der Waals surface area contributed by atoms with Gasteiger partial charge in [0.15, 0.2) is 0 Å². The molecule has 0 aliphatic carbocycles. The number of aryl methyl sites for hydroxylation is 1. The van der Waals surface area contributed by atoms with Gasteiger partial charge in [-0.2, -0.15) is 0 Å². The number of para-hydroxylation sites is 1. The molecule has 84 valence electrons. The second-order valence-corrected chi connectivity index (χ2v) is 3.38. The van der Waals surface area contributed by atoms with Crippen molar-refractivity contribution < 1.29 is 4.74 Å². The van der Waals surface area contributed by atoms with Gasteiger partial charge in [0.1, 0.15) is 5.75 Å². The topological polar surface area (TPSA) is 12.5 Å². The molecule has 3 heteroatoms. The third-order valence-electron chi connectivity index (χ3n) is 1.66. The molecule has 0 radical (unpaired) electrons. The Morgan fingerprint density at radius 3 is 2.20 bits per heavy atom. The van der Waals surface area contributed by atoms with Crippen LogP contribution in [0.25, 0.3) is 0 Å². The molecule has 0 atom stereocenters. The van der Waals surface area contributed by atoms with E-state index in [4.69, 9.17) is 17.0 Å². The summed E-state index contributed by atoms with van der Waals surface area (Å²) in [5.41, 5.74) is 1.09. The first kappa shape index (κ1) is 13.9. The highest BCUT2D eigenvalue weighted by atomic mass is 32.1. The van der Waals surface area contributed by atoms with Gasteiger partial charge in [-0.15, -0.1) is 0 Å². The van der Waals surface area contributed by atoms with Crippen molar-refractivity contribution in [1.82, 2.24) is 4.90 Å². The van der Waals surface area contributed by atoms with E-state index in [1.165, 1.54) is 0 Å². The quantitative estimate of drug-likeness (QED) is 0.681. The minimum atomic E-state index is 0.481. The van der Waals surface area contributed by atoms with Crippen LogP contribution in [0.1, 0.15) is 19.4 Å². The molecule has 0 aliphatic rings. The number of ether oxygens (including phenoxy) is 1. The summed E-state index contributed by atoms with van der Waals surface area (Å²) >= 11 is 5.02. The van der Waals surface area contributed by atoms with Crippen molar-refractivity contribution in [1.29, 1.82) is 0 Å². The van der Waals surface area contributed by atoms with Gasteiger partial charge in [-0.25, -0.2) is 0 Å². The molecule has 0 heterocycles. The molecular weight excluding hydrogens is 206 g/mol. The minimum absolute atomic E-state index is 0.481. The van der Waals surface area contributed by atoms with Gasteiger partial charge in [0.05, 0.1) is 0 Å². The average Bonchev–Trinajstić information content (AvgIpc) is 2.24. The van der Waals surface area contributed by atoms with Crippen LogP contribution in [0.3, 0.4) is 0 Å². The fourth-order valence-electron chi connectivity index (χ4n) is 0.856. The molecule has 15 heavy (non-hydrogen) atoms. The first-order valence-electron chi connectivity index (χ1n) is 5.06. The van der Waals surface area contributed by atoms with Crippen molar-refractivity contribution in [3.8, 4) is 5.75 Å². The maximum absolute atomic E-state index is 5.46. The highest BCUT2D eigenvalue weighted by Gasteiger charge is 2.03. The van der Waals surface area contributed by atoms with Crippen LogP contribution in [0.15, 0.2) is 24.3 Å². The van der Waals surface area contributed by atoms with Crippen molar-refractivity contribution >= 4 is 17.4 Å². The van der Waals surface area contributed by atoms with Crippen LogP contribution in [0.4, 0.5) is 0 Å². The molecule has 2 nitrogen and oxygen atoms in total. The van der Waals surface area contributed by atoms with E-state index in [0.717, 1.165) is 11.3 Å². The third-order valence-corrected chi connectivity index (χ3v) is 2.10. The van der Waals surface area contributed by atoms with E-state index >= 15 is 0 Å². The van der Waals surface area contributed by atoms with Crippen LogP contribution in [0.2, 0.25) is 0 Å². The summed E-state index contributed by atoms with van der Waals surface area (Å²) in [6, 6.07) is 7.81. The van der Waals surface area contributed by atoms with E-state index in [-0.39, 0.29) is 0 Å². The molecular formula is C12H19NOS. The zero-order valence-electron chi connectivity index (χ0n) is 10.1. The van der Waals surface area contributed by atoms with Gasteiger partial charge in [0, 0.05) is 14.1 Å². The molecule has 1 rings (SSSR count). The van der Waals surface area contributed by atoms with Crippen molar-refractivity contribution in [2.45, 2.75) is 20.8 Å². The van der Waals surface area contributed by atoms with E-state index in [1.54, 1.807) is 4.90 Å². The van der Waals surface area contributed by atoms with Gasteiger partial charge >= 0.3 is 0 Å². The monoisotopic (exact) mass is 225 g/mol. The molecule has 0 N–H and O–H groups in total. The fraction of sp³-hybridized carbons (Fsp3) is 0.417. The smallest absolute Gasteiger partial charge is 0.264 e. The Bertz CT molecular complexity index is 310. The molecule has 0 aromatic heterocycles. The molecule has 1 aromatic rings. The standard InChI is InChI=1S/C10H13NOS.C2H6/c1-8-6-4-5-7-9(8)12-10(13)11(2)3;1-2/h4-7H,1-3H3;1-2H3. The predicted molar refractivity (Wildman–Crippen MR) is 69.4 cm³/mol. The van der Waals surface area contributed by atoms with E-state index in [1.807, 2.05) is 59.1 Å². The van der Waals surface area contributed by atoms with Crippen molar-refractivity contribution in [2.75, 3.05) is 14.1 Å². The van der Waals surface area contributed by atoms with Gasteiger partial charge in [-0.1, -0.05) is 32.0 Å². The van der Waals surface area contributed by atoms with E-state index in [0.29, 0.717) is 5.17 Å². The maximum atomic E-state index is 5.46. The molecule has 0 saturated carbocycles. The number of rotatable bonds is 1. The Labute approximate surface area is 97.9 Å². The van der Waals surface area contributed by atoms with E-state index in [2.05, 4.69) is 0 Å².